The van der Waals surface area contributed by atoms with Gasteiger partial charge in [-0.05, 0) is 18.9 Å². The summed E-state index contributed by atoms with van der Waals surface area (Å²) in [5.74, 6) is 0.794. The van der Waals surface area contributed by atoms with Crippen LogP contribution in [0.25, 0.3) is 5.78 Å². The predicted octanol–water partition coefficient (Wildman–Crippen LogP) is 0.0673. The Hall–Kier alpha value is -1.53. The first-order valence-electron chi connectivity index (χ1n) is 5.26. The molecule has 0 bridgehead atoms. The molecule has 0 aliphatic heterocycles. The van der Waals surface area contributed by atoms with Crippen molar-refractivity contribution in [3.63, 3.8) is 0 Å². The van der Waals surface area contributed by atoms with Crippen LogP contribution in [-0.2, 0) is 6.42 Å². The van der Waals surface area contributed by atoms with Gasteiger partial charge < -0.3 is 10.8 Å². The molecule has 0 radical (unpaired) electrons. The Kier molecular flexibility index (Phi) is 2.84. The highest BCUT2D eigenvalue weighted by atomic mass is 16.3. The summed E-state index contributed by atoms with van der Waals surface area (Å²) in [6, 6.07) is -0.400. The molecule has 0 aromatic carbocycles. The summed E-state index contributed by atoms with van der Waals surface area (Å²) in [6.07, 6.45) is 3.64. The van der Waals surface area contributed by atoms with Gasteiger partial charge in [-0.2, -0.15) is 4.98 Å². The zero-order valence-electron chi connectivity index (χ0n) is 9.33. The van der Waals surface area contributed by atoms with E-state index >= 15 is 0 Å². The molecule has 2 rings (SSSR count). The van der Waals surface area contributed by atoms with Crippen LogP contribution >= 0.6 is 0 Å². The summed E-state index contributed by atoms with van der Waals surface area (Å²) < 4.78 is 1.57. The molecule has 0 saturated heterocycles. The van der Waals surface area contributed by atoms with Gasteiger partial charge in [0, 0.05) is 18.4 Å². The van der Waals surface area contributed by atoms with Gasteiger partial charge in [0.15, 0.2) is 5.82 Å². The number of aliphatic hydroxyl groups is 1. The normalized spacial score (nSPS) is 15.2. The van der Waals surface area contributed by atoms with Gasteiger partial charge in [0.25, 0.3) is 5.78 Å². The van der Waals surface area contributed by atoms with Gasteiger partial charge in [-0.15, -0.1) is 5.10 Å². The lowest BCUT2D eigenvalue weighted by molar-refractivity contribution is 0.144. The van der Waals surface area contributed by atoms with E-state index in [2.05, 4.69) is 15.1 Å². The lowest BCUT2D eigenvalue weighted by atomic mass is 10.2. The van der Waals surface area contributed by atoms with Crippen LogP contribution in [0.2, 0.25) is 0 Å². The average Bonchev–Trinajstić information content (AvgIpc) is 2.69. The number of hydrogen-bond donors (Lipinski definition) is 2. The average molecular weight is 221 g/mol. The molecule has 2 heterocycles. The van der Waals surface area contributed by atoms with Gasteiger partial charge in [-0.25, -0.2) is 9.50 Å². The maximum Gasteiger partial charge on any atom is 0.252 e. The fourth-order valence-electron chi connectivity index (χ4n) is 1.38. The second kappa shape index (κ2) is 4.15. The molecule has 3 N–H and O–H groups in total. The standard InChI is InChI=1S/C10H15N5O/c1-3-7-4-12-10-13-9(8(16)6(2)11)14-15(10)5-7/h4-6,8,16H,3,11H2,1-2H3. The molecule has 0 spiro atoms. The summed E-state index contributed by atoms with van der Waals surface area (Å²) in [7, 11) is 0. The first-order valence-corrected chi connectivity index (χ1v) is 5.26. The molecule has 2 aromatic heterocycles. The molecule has 6 nitrogen and oxygen atoms in total. The van der Waals surface area contributed by atoms with Crippen LogP contribution < -0.4 is 5.73 Å². The van der Waals surface area contributed by atoms with E-state index in [0.717, 1.165) is 12.0 Å². The molecule has 0 aliphatic rings. The molecule has 0 aliphatic carbocycles. The minimum absolute atomic E-state index is 0.316. The van der Waals surface area contributed by atoms with Crippen molar-refractivity contribution in [1.82, 2.24) is 19.6 Å². The topological polar surface area (TPSA) is 89.3 Å². The number of aryl methyl sites for hydroxylation is 1. The number of nitrogens with zero attached hydrogens (tertiary/aromatic N) is 4. The van der Waals surface area contributed by atoms with Crippen LogP contribution in [0.1, 0.15) is 31.3 Å². The number of hydrogen-bond acceptors (Lipinski definition) is 5. The zero-order chi connectivity index (χ0) is 11.7. The first kappa shape index (κ1) is 11.0. The Bertz CT molecular complexity index is 493. The van der Waals surface area contributed by atoms with Gasteiger partial charge in [0.05, 0.1) is 0 Å². The van der Waals surface area contributed by atoms with Crippen LogP contribution in [-0.4, -0.2) is 30.7 Å². The number of aliphatic hydroxyl groups excluding tert-OH is 1. The van der Waals surface area contributed by atoms with Crippen molar-refractivity contribution >= 4 is 5.78 Å². The molecular weight excluding hydrogens is 206 g/mol. The Morgan fingerprint density at radius 1 is 1.56 bits per heavy atom. The van der Waals surface area contributed by atoms with Crippen molar-refractivity contribution in [2.24, 2.45) is 5.73 Å². The Morgan fingerprint density at radius 2 is 2.31 bits per heavy atom. The summed E-state index contributed by atoms with van der Waals surface area (Å²) in [5, 5.41) is 13.9. The largest absolute Gasteiger partial charge is 0.383 e. The first-order chi connectivity index (χ1) is 7.61. The maximum atomic E-state index is 9.73. The lowest BCUT2D eigenvalue weighted by Gasteiger charge is -2.08. The molecule has 2 unspecified atom stereocenters. The molecule has 86 valence electrons. The van der Waals surface area contributed by atoms with Gasteiger partial charge in [-0.3, -0.25) is 0 Å². The fraction of sp³-hybridized carbons (Fsp3) is 0.500. The summed E-state index contributed by atoms with van der Waals surface area (Å²) in [4.78, 5) is 8.27. The van der Waals surface area contributed by atoms with E-state index in [1.807, 2.05) is 13.1 Å². The smallest absolute Gasteiger partial charge is 0.252 e. The van der Waals surface area contributed by atoms with E-state index in [9.17, 15) is 5.11 Å². The van der Waals surface area contributed by atoms with E-state index in [4.69, 9.17) is 5.73 Å². The number of fused-ring (bicyclic) bond motifs is 1. The molecule has 16 heavy (non-hydrogen) atoms. The third-order valence-corrected chi connectivity index (χ3v) is 2.43. The number of nitrogens with two attached hydrogens (primary N) is 1. The predicted molar refractivity (Wildman–Crippen MR) is 58.8 cm³/mol. The summed E-state index contributed by atoms with van der Waals surface area (Å²) in [6.45, 7) is 3.75. The molecule has 0 fully saturated rings. The Balaban J connectivity index is 2.43. The van der Waals surface area contributed by atoms with E-state index in [-0.39, 0.29) is 0 Å². The van der Waals surface area contributed by atoms with Crippen LogP contribution in [0.15, 0.2) is 12.4 Å². The summed E-state index contributed by atoms with van der Waals surface area (Å²) >= 11 is 0. The van der Waals surface area contributed by atoms with Crippen LogP contribution in [0, 0.1) is 0 Å². The maximum absolute atomic E-state index is 9.73. The van der Waals surface area contributed by atoms with Crippen molar-refractivity contribution in [3.05, 3.63) is 23.8 Å². The van der Waals surface area contributed by atoms with E-state index < -0.39 is 12.1 Å². The Morgan fingerprint density at radius 3 is 2.94 bits per heavy atom. The van der Waals surface area contributed by atoms with Crippen molar-refractivity contribution in [2.75, 3.05) is 0 Å². The quantitative estimate of drug-likeness (QED) is 0.765. The van der Waals surface area contributed by atoms with Gasteiger partial charge >= 0.3 is 0 Å². The second-order valence-electron chi connectivity index (χ2n) is 3.83. The number of aromatic nitrogens is 4. The SMILES string of the molecule is CCc1cnc2nc(C(O)C(C)N)nn2c1. The number of rotatable bonds is 3. The fourth-order valence-corrected chi connectivity index (χ4v) is 1.38. The lowest BCUT2D eigenvalue weighted by Crippen LogP contribution is -2.25. The molecule has 0 saturated carbocycles. The third-order valence-electron chi connectivity index (χ3n) is 2.43. The van der Waals surface area contributed by atoms with Crippen molar-refractivity contribution < 1.29 is 5.11 Å². The van der Waals surface area contributed by atoms with E-state index in [1.54, 1.807) is 17.6 Å². The zero-order valence-corrected chi connectivity index (χ0v) is 9.33. The van der Waals surface area contributed by atoms with Crippen molar-refractivity contribution in [3.8, 4) is 0 Å². The van der Waals surface area contributed by atoms with Crippen molar-refractivity contribution in [2.45, 2.75) is 32.4 Å². The third kappa shape index (κ3) is 1.89. The molecule has 6 heteroatoms. The minimum Gasteiger partial charge on any atom is -0.383 e. The highest BCUT2D eigenvalue weighted by molar-refractivity contribution is 5.28. The molecular formula is C10H15N5O. The molecule has 2 atom stereocenters. The Labute approximate surface area is 93.1 Å². The van der Waals surface area contributed by atoms with Crippen LogP contribution in [0.4, 0.5) is 0 Å². The molecule has 0 amide bonds. The monoisotopic (exact) mass is 221 g/mol. The second-order valence-corrected chi connectivity index (χ2v) is 3.83. The van der Waals surface area contributed by atoms with E-state index in [0.29, 0.717) is 11.6 Å². The van der Waals surface area contributed by atoms with Crippen LogP contribution in [0.5, 0.6) is 0 Å². The van der Waals surface area contributed by atoms with Gasteiger partial charge in [-0.1, -0.05) is 6.92 Å². The van der Waals surface area contributed by atoms with Crippen molar-refractivity contribution in [1.29, 1.82) is 0 Å². The highest BCUT2D eigenvalue weighted by Gasteiger charge is 2.18. The summed E-state index contributed by atoms with van der Waals surface area (Å²) in [5.41, 5.74) is 6.65. The molecule has 2 aromatic rings. The minimum atomic E-state index is -0.855. The highest BCUT2D eigenvalue weighted by Crippen LogP contribution is 2.12. The van der Waals surface area contributed by atoms with Gasteiger partial charge in [0.1, 0.15) is 6.10 Å². The van der Waals surface area contributed by atoms with Gasteiger partial charge in [0.2, 0.25) is 0 Å². The van der Waals surface area contributed by atoms with Crippen LogP contribution in [0.3, 0.4) is 0 Å². The van der Waals surface area contributed by atoms with E-state index in [1.165, 1.54) is 0 Å².